The predicted molar refractivity (Wildman–Crippen MR) is 80.8 cm³/mol. The van der Waals surface area contributed by atoms with Gasteiger partial charge in [-0.2, -0.15) is 0 Å². The summed E-state index contributed by atoms with van der Waals surface area (Å²) in [4.78, 5) is 0.765. The van der Waals surface area contributed by atoms with Crippen LogP contribution >= 0.6 is 31.9 Å². The highest BCUT2D eigenvalue weighted by Crippen LogP contribution is 2.37. The van der Waals surface area contributed by atoms with E-state index in [1.54, 1.807) is 0 Å². The monoisotopic (exact) mass is 352 g/mol. The maximum atomic E-state index is 3.75. The Kier molecular flexibility index (Phi) is 4.81. The molecule has 17 heavy (non-hydrogen) atoms. The van der Waals surface area contributed by atoms with Crippen LogP contribution in [0, 0.1) is 0 Å². The molecule has 0 aliphatic rings. The first-order chi connectivity index (χ1) is 8.27. The summed E-state index contributed by atoms with van der Waals surface area (Å²) in [6, 6.07) is 21.0. The smallest absolute Gasteiger partial charge is 0.0409 e. The minimum absolute atomic E-state index is 0.383. The summed E-state index contributed by atoms with van der Waals surface area (Å²) in [7, 11) is 0. The van der Waals surface area contributed by atoms with Gasteiger partial charge in [0.25, 0.3) is 0 Å². The first kappa shape index (κ1) is 12.8. The van der Waals surface area contributed by atoms with Gasteiger partial charge in [-0.15, -0.1) is 0 Å². The fourth-order valence-electron chi connectivity index (χ4n) is 1.78. The van der Waals surface area contributed by atoms with Crippen molar-refractivity contribution in [3.05, 3.63) is 71.8 Å². The van der Waals surface area contributed by atoms with E-state index in [4.69, 9.17) is 0 Å². The second-order valence-electron chi connectivity index (χ2n) is 3.99. The second-order valence-corrected chi connectivity index (χ2v) is 6.20. The first-order valence-electron chi connectivity index (χ1n) is 5.65. The Morgan fingerprint density at radius 2 is 1.00 bits per heavy atom. The number of halogens is 2. The molecule has 2 atom stereocenters. The molecule has 0 amide bonds. The number of hydrogen-bond donors (Lipinski definition) is 0. The van der Waals surface area contributed by atoms with Crippen LogP contribution < -0.4 is 0 Å². The topological polar surface area (TPSA) is 0 Å². The zero-order valence-corrected chi connectivity index (χ0v) is 12.6. The Labute approximate surface area is 119 Å². The molecule has 0 N–H and O–H groups in total. The van der Waals surface area contributed by atoms with Crippen LogP contribution in [0.25, 0.3) is 0 Å². The molecule has 0 radical (unpaired) electrons. The van der Waals surface area contributed by atoms with Gasteiger partial charge in [-0.05, 0) is 17.5 Å². The number of alkyl halides is 2. The van der Waals surface area contributed by atoms with Gasteiger partial charge in [0.2, 0.25) is 0 Å². The van der Waals surface area contributed by atoms with Gasteiger partial charge < -0.3 is 0 Å². The molecule has 0 aliphatic heterocycles. The van der Waals surface area contributed by atoms with E-state index in [1.807, 2.05) is 12.1 Å². The van der Waals surface area contributed by atoms with Crippen molar-refractivity contribution in [2.24, 2.45) is 0 Å². The van der Waals surface area contributed by atoms with E-state index >= 15 is 0 Å². The van der Waals surface area contributed by atoms with Crippen molar-refractivity contribution in [2.45, 2.75) is 16.1 Å². The highest BCUT2D eigenvalue weighted by molar-refractivity contribution is 9.09. The Bertz CT molecular complexity index is 395. The fourth-order valence-corrected chi connectivity index (χ4v) is 3.64. The van der Waals surface area contributed by atoms with E-state index in [9.17, 15) is 0 Å². The van der Waals surface area contributed by atoms with Crippen molar-refractivity contribution in [3.8, 4) is 0 Å². The third kappa shape index (κ3) is 3.68. The second kappa shape index (κ2) is 6.36. The lowest BCUT2D eigenvalue weighted by atomic mass is 10.0. The third-order valence-corrected chi connectivity index (χ3v) is 4.54. The summed E-state index contributed by atoms with van der Waals surface area (Å²) < 4.78 is 0. The summed E-state index contributed by atoms with van der Waals surface area (Å²) >= 11 is 7.51. The van der Waals surface area contributed by atoms with Crippen molar-refractivity contribution >= 4 is 31.9 Å². The van der Waals surface area contributed by atoms with Gasteiger partial charge in [-0.3, -0.25) is 0 Å². The highest BCUT2D eigenvalue weighted by Gasteiger charge is 2.14. The maximum Gasteiger partial charge on any atom is 0.0409 e. The lowest BCUT2D eigenvalue weighted by Gasteiger charge is -2.15. The molecule has 0 aliphatic carbocycles. The predicted octanol–water partition coefficient (Wildman–Crippen LogP) is 5.65. The maximum absolute atomic E-state index is 3.75. The fraction of sp³-hybridized carbons (Fsp3) is 0.200. The van der Waals surface area contributed by atoms with Crippen LogP contribution in [0.5, 0.6) is 0 Å². The molecule has 0 spiro atoms. The van der Waals surface area contributed by atoms with Gasteiger partial charge >= 0.3 is 0 Å². The van der Waals surface area contributed by atoms with Gasteiger partial charge in [0, 0.05) is 9.65 Å². The van der Waals surface area contributed by atoms with E-state index in [0.29, 0.717) is 9.65 Å². The summed E-state index contributed by atoms with van der Waals surface area (Å²) in [6.07, 6.45) is 1.04. The molecule has 2 aromatic rings. The molecule has 2 aromatic carbocycles. The molecule has 2 heteroatoms. The Morgan fingerprint density at radius 3 is 1.35 bits per heavy atom. The van der Waals surface area contributed by atoms with Gasteiger partial charge in [0.05, 0.1) is 0 Å². The third-order valence-electron chi connectivity index (χ3n) is 2.74. The Morgan fingerprint density at radius 1 is 0.647 bits per heavy atom. The summed E-state index contributed by atoms with van der Waals surface area (Å²) in [5.74, 6) is 0. The van der Waals surface area contributed by atoms with E-state index < -0.39 is 0 Å². The SMILES string of the molecule is Br[C@H](C[C@@H](Br)c1ccccc1)c1ccccc1. The summed E-state index contributed by atoms with van der Waals surface area (Å²) in [5.41, 5.74) is 2.65. The molecule has 0 nitrogen and oxygen atoms in total. The van der Waals surface area contributed by atoms with Crippen molar-refractivity contribution in [2.75, 3.05) is 0 Å². The lowest BCUT2D eigenvalue weighted by molar-refractivity contribution is 0.806. The highest BCUT2D eigenvalue weighted by atomic mass is 79.9. The summed E-state index contributed by atoms with van der Waals surface area (Å²) in [5, 5.41) is 0. The van der Waals surface area contributed by atoms with Crippen LogP contribution in [-0.2, 0) is 0 Å². The molecule has 0 unspecified atom stereocenters. The standard InChI is InChI=1S/C15H14Br2/c16-14(12-7-3-1-4-8-12)11-15(17)13-9-5-2-6-10-13/h1-10,14-15H,11H2/t14-,15-/m1/s1. The van der Waals surface area contributed by atoms with E-state index in [-0.39, 0.29) is 0 Å². The van der Waals surface area contributed by atoms with Crippen LogP contribution in [0.4, 0.5) is 0 Å². The first-order valence-corrected chi connectivity index (χ1v) is 7.48. The molecule has 0 saturated heterocycles. The van der Waals surface area contributed by atoms with E-state index in [0.717, 1.165) is 6.42 Å². The van der Waals surface area contributed by atoms with Gasteiger partial charge in [-0.25, -0.2) is 0 Å². The average molecular weight is 354 g/mol. The largest absolute Gasteiger partial charge is 0.0838 e. The molecular formula is C15H14Br2. The normalized spacial score (nSPS) is 14.2. The van der Waals surface area contributed by atoms with Crippen molar-refractivity contribution in [1.82, 2.24) is 0 Å². The van der Waals surface area contributed by atoms with Crippen molar-refractivity contribution < 1.29 is 0 Å². The minimum Gasteiger partial charge on any atom is -0.0838 e. The van der Waals surface area contributed by atoms with Crippen molar-refractivity contribution in [1.29, 1.82) is 0 Å². The molecule has 88 valence electrons. The molecule has 0 heterocycles. The van der Waals surface area contributed by atoms with Crippen LogP contribution in [-0.4, -0.2) is 0 Å². The zero-order chi connectivity index (χ0) is 12.1. The molecule has 0 fully saturated rings. The molecular weight excluding hydrogens is 340 g/mol. The Balaban J connectivity index is 2.02. The quantitative estimate of drug-likeness (QED) is 0.623. The Hall–Kier alpha value is -0.600. The lowest BCUT2D eigenvalue weighted by Crippen LogP contribution is -1.96. The van der Waals surface area contributed by atoms with Crippen LogP contribution in [0.15, 0.2) is 60.7 Å². The molecule has 2 rings (SSSR count). The van der Waals surface area contributed by atoms with E-state index in [2.05, 4.69) is 80.4 Å². The minimum atomic E-state index is 0.383. The van der Waals surface area contributed by atoms with Gasteiger partial charge in [-0.1, -0.05) is 92.5 Å². The zero-order valence-electron chi connectivity index (χ0n) is 9.39. The number of benzene rings is 2. The molecule has 0 bridgehead atoms. The van der Waals surface area contributed by atoms with Crippen molar-refractivity contribution in [3.63, 3.8) is 0 Å². The van der Waals surface area contributed by atoms with Gasteiger partial charge in [0.1, 0.15) is 0 Å². The number of hydrogen-bond acceptors (Lipinski definition) is 0. The molecule has 0 aromatic heterocycles. The van der Waals surface area contributed by atoms with Crippen LogP contribution in [0.1, 0.15) is 27.2 Å². The van der Waals surface area contributed by atoms with Crippen LogP contribution in [0.3, 0.4) is 0 Å². The van der Waals surface area contributed by atoms with Gasteiger partial charge in [0.15, 0.2) is 0 Å². The number of rotatable bonds is 4. The van der Waals surface area contributed by atoms with Crippen LogP contribution in [0.2, 0.25) is 0 Å². The van der Waals surface area contributed by atoms with E-state index in [1.165, 1.54) is 11.1 Å². The average Bonchev–Trinajstić information content (AvgIpc) is 2.40. The molecule has 0 saturated carbocycles. The summed E-state index contributed by atoms with van der Waals surface area (Å²) in [6.45, 7) is 0.